The number of nitrogens with zero attached hydrogens (tertiary/aromatic N) is 1. The summed E-state index contributed by atoms with van der Waals surface area (Å²) in [6.45, 7) is 6.27. The largest absolute Gasteiger partial charge is 0.506 e. The van der Waals surface area contributed by atoms with Crippen molar-refractivity contribution in [3.63, 3.8) is 0 Å². The van der Waals surface area contributed by atoms with Crippen molar-refractivity contribution in [1.29, 1.82) is 0 Å². The van der Waals surface area contributed by atoms with Crippen LogP contribution in [0.2, 0.25) is 0 Å². The van der Waals surface area contributed by atoms with Gasteiger partial charge < -0.3 is 15.0 Å². The molecule has 0 saturated heterocycles. The van der Waals surface area contributed by atoms with E-state index >= 15 is 0 Å². The fraction of sp³-hybridized carbons (Fsp3) is 0.292. The number of anilines is 2. The number of aromatic nitrogens is 1. The van der Waals surface area contributed by atoms with Crippen LogP contribution in [0.15, 0.2) is 51.5 Å². The fourth-order valence-corrected chi connectivity index (χ4v) is 5.86. The van der Waals surface area contributed by atoms with Crippen LogP contribution in [0.5, 0.6) is 5.75 Å². The van der Waals surface area contributed by atoms with Gasteiger partial charge >= 0.3 is 0 Å². The van der Waals surface area contributed by atoms with Gasteiger partial charge in [-0.1, -0.05) is 20.8 Å². The molecule has 0 unspecified atom stereocenters. The van der Waals surface area contributed by atoms with Crippen LogP contribution in [0.4, 0.5) is 15.8 Å². The zero-order valence-electron chi connectivity index (χ0n) is 20.1. The molecule has 3 N–H and O–H groups in total. The number of sulfonamides is 1. The van der Waals surface area contributed by atoms with Crippen molar-refractivity contribution in [2.45, 2.75) is 38.6 Å². The van der Waals surface area contributed by atoms with Crippen molar-refractivity contribution < 1.29 is 26.3 Å². The summed E-state index contributed by atoms with van der Waals surface area (Å²) in [5.41, 5.74) is -0.796. The number of pyridine rings is 1. The topological polar surface area (TPSA) is 135 Å². The molecular formula is C24H26FN3O6S2. The van der Waals surface area contributed by atoms with Gasteiger partial charge in [-0.25, -0.2) is 21.2 Å². The van der Waals surface area contributed by atoms with Crippen molar-refractivity contribution >= 4 is 47.8 Å². The molecule has 192 valence electrons. The number of sulfone groups is 1. The first-order valence-electron chi connectivity index (χ1n) is 11.0. The molecular weight excluding hydrogens is 509 g/mol. The smallest absolute Gasteiger partial charge is 0.264 e. The van der Waals surface area contributed by atoms with Crippen LogP contribution in [0, 0.1) is 11.2 Å². The van der Waals surface area contributed by atoms with Crippen molar-refractivity contribution in [3.8, 4) is 5.75 Å². The number of aryl methyl sites for hydroxylation is 1. The van der Waals surface area contributed by atoms with Gasteiger partial charge in [0, 0.05) is 17.6 Å². The molecule has 2 heterocycles. The maximum Gasteiger partial charge on any atom is 0.264 e. The second-order valence-electron chi connectivity index (χ2n) is 9.94. The Morgan fingerprint density at radius 3 is 2.47 bits per heavy atom. The minimum atomic E-state index is -4.15. The van der Waals surface area contributed by atoms with E-state index in [1.165, 1.54) is 28.8 Å². The van der Waals surface area contributed by atoms with E-state index in [1.54, 1.807) is 0 Å². The highest BCUT2D eigenvalue weighted by Crippen LogP contribution is 2.38. The average Bonchev–Trinajstić information content (AvgIpc) is 2.72. The Morgan fingerprint density at radius 1 is 1.14 bits per heavy atom. The predicted octanol–water partition coefficient (Wildman–Crippen LogP) is 3.85. The molecule has 0 spiro atoms. The Balaban J connectivity index is 1.91. The lowest BCUT2D eigenvalue weighted by atomic mass is 9.92. The summed E-state index contributed by atoms with van der Waals surface area (Å²) < 4.78 is 67.0. The highest BCUT2D eigenvalue weighted by atomic mass is 32.2. The van der Waals surface area contributed by atoms with E-state index in [0.29, 0.717) is 11.9 Å². The molecule has 0 saturated carbocycles. The molecule has 0 atom stereocenters. The number of hydrogen-bond acceptors (Lipinski definition) is 7. The number of nitrogens with one attached hydrogen (secondary N) is 2. The summed E-state index contributed by atoms with van der Waals surface area (Å²) in [5, 5.41) is 14.7. The highest BCUT2D eigenvalue weighted by Gasteiger charge is 2.29. The van der Waals surface area contributed by atoms with Gasteiger partial charge in [-0.3, -0.25) is 9.52 Å². The van der Waals surface area contributed by atoms with Gasteiger partial charge in [0.05, 0.1) is 33.5 Å². The van der Waals surface area contributed by atoms with Gasteiger partial charge in [-0.05, 0) is 48.2 Å². The van der Waals surface area contributed by atoms with Crippen LogP contribution in [0.25, 0.3) is 16.6 Å². The molecule has 36 heavy (non-hydrogen) atoms. The molecule has 9 nitrogen and oxygen atoms in total. The summed E-state index contributed by atoms with van der Waals surface area (Å²) in [4.78, 5) is 13.4. The molecule has 1 aliphatic rings. The van der Waals surface area contributed by atoms with Crippen molar-refractivity contribution in [3.05, 3.63) is 63.5 Å². The lowest BCUT2D eigenvalue weighted by Gasteiger charge is -2.23. The maximum atomic E-state index is 14.1. The maximum absolute atomic E-state index is 14.1. The summed E-state index contributed by atoms with van der Waals surface area (Å²) >= 11 is 0. The van der Waals surface area contributed by atoms with Crippen LogP contribution in [0.3, 0.4) is 0 Å². The lowest BCUT2D eigenvalue weighted by molar-refractivity contribution is 0.350. The number of rotatable bonds is 5. The van der Waals surface area contributed by atoms with Gasteiger partial charge in [0.25, 0.3) is 5.56 Å². The van der Waals surface area contributed by atoms with E-state index in [0.717, 1.165) is 23.8 Å². The molecule has 1 aromatic heterocycles. The average molecular weight is 536 g/mol. The second-order valence-corrected chi connectivity index (χ2v) is 13.5. The molecule has 3 aromatic rings. The van der Waals surface area contributed by atoms with E-state index in [-0.39, 0.29) is 44.9 Å². The van der Waals surface area contributed by atoms with E-state index in [4.69, 9.17) is 0 Å². The quantitative estimate of drug-likeness (QED) is 0.452. The number of fused-ring (bicyclic) bond motifs is 2. The molecule has 0 fully saturated rings. The Kier molecular flexibility index (Phi) is 6.16. The normalized spacial score (nSPS) is 15.2. The predicted molar refractivity (Wildman–Crippen MR) is 138 cm³/mol. The minimum absolute atomic E-state index is 0.0482. The van der Waals surface area contributed by atoms with Gasteiger partial charge in [0.2, 0.25) is 19.9 Å². The molecule has 0 bridgehead atoms. The van der Waals surface area contributed by atoms with E-state index < -0.39 is 37.0 Å². The highest BCUT2D eigenvalue weighted by molar-refractivity contribution is 7.94. The van der Waals surface area contributed by atoms with Crippen molar-refractivity contribution in [2.24, 2.45) is 5.41 Å². The lowest BCUT2D eigenvalue weighted by Crippen LogP contribution is -2.28. The molecule has 0 amide bonds. The Morgan fingerprint density at radius 2 is 1.83 bits per heavy atom. The second kappa shape index (κ2) is 8.63. The first kappa shape index (κ1) is 25.7. The van der Waals surface area contributed by atoms with Gasteiger partial charge in [0.1, 0.15) is 17.1 Å². The third-order valence-corrected chi connectivity index (χ3v) is 7.79. The van der Waals surface area contributed by atoms with E-state index in [1.807, 2.05) is 20.8 Å². The molecule has 4 rings (SSSR count). The van der Waals surface area contributed by atoms with Crippen LogP contribution in [0.1, 0.15) is 32.8 Å². The molecule has 0 aliphatic carbocycles. The summed E-state index contributed by atoms with van der Waals surface area (Å²) in [7, 11) is -7.79. The van der Waals surface area contributed by atoms with Gasteiger partial charge in [-0.15, -0.1) is 0 Å². The summed E-state index contributed by atoms with van der Waals surface area (Å²) in [6, 6.07) is 7.56. The van der Waals surface area contributed by atoms with Crippen molar-refractivity contribution in [2.75, 3.05) is 16.3 Å². The monoisotopic (exact) mass is 535 g/mol. The Bertz CT molecular complexity index is 1700. The first-order valence-corrected chi connectivity index (χ1v) is 14.4. The summed E-state index contributed by atoms with van der Waals surface area (Å²) in [6.07, 6.45) is 1.53. The van der Waals surface area contributed by atoms with Crippen LogP contribution < -0.4 is 15.6 Å². The zero-order chi connectivity index (χ0) is 26.6. The van der Waals surface area contributed by atoms with E-state index in [2.05, 4.69) is 10.0 Å². The van der Waals surface area contributed by atoms with Crippen LogP contribution >= 0.6 is 0 Å². The third-order valence-electron chi connectivity index (χ3n) is 5.69. The molecule has 0 radical (unpaired) electrons. The fourth-order valence-electron chi connectivity index (χ4n) is 3.98. The van der Waals surface area contributed by atoms with Gasteiger partial charge in [-0.2, -0.15) is 0 Å². The Labute approximate surface area is 208 Å². The SMILES string of the molecule is CC(C)(C)CCn1c(=O)c(C2=CS(=O)(=O)c3cc(NS(C)(=O)=O)ccc3N2)c(O)c2cc(F)ccc21. The first-order chi connectivity index (χ1) is 16.6. The van der Waals surface area contributed by atoms with Gasteiger partial charge in [0.15, 0.2) is 0 Å². The van der Waals surface area contributed by atoms with Crippen molar-refractivity contribution in [1.82, 2.24) is 4.57 Å². The molecule has 2 aromatic carbocycles. The van der Waals surface area contributed by atoms with Crippen LogP contribution in [-0.4, -0.2) is 32.8 Å². The van der Waals surface area contributed by atoms with E-state index in [9.17, 15) is 31.1 Å². The summed E-state index contributed by atoms with van der Waals surface area (Å²) in [5.74, 6) is -1.17. The molecule has 12 heteroatoms. The third kappa shape index (κ3) is 5.09. The standard InChI is InChI=1S/C24H26FN3O6S2/c1-24(2,3)9-10-28-19-8-5-14(25)11-16(19)22(29)21(23(28)30)18-13-36(33,34)20-12-15(27-35(4,31)32)6-7-17(20)26-18/h5-8,11-13,26-27,29H,9-10H2,1-4H3. The Hall–Kier alpha value is -3.38. The zero-order valence-corrected chi connectivity index (χ0v) is 21.7. The number of halogens is 1. The minimum Gasteiger partial charge on any atom is -0.506 e. The number of hydrogen-bond donors (Lipinski definition) is 3. The number of benzene rings is 2. The molecule has 1 aliphatic heterocycles. The van der Waals surface area contributed by atoms with Crippen LogP contribution in [-0.2, 0) is 26.4 Å². The number of aromatic hydroxyl groups is 1.